The van der Waals surface area contributed by atoms with Crippen LogP contribution < -0.4 is 4.74 Å². The molecule has 0 N–H and O–H groups in total. The third-order valence-electron chi connectivity index (χ3n) is 2.97. The smallest absolute Gasteiger partial charge is 0.142 e. The summed E-state index contributed by atoms with van der Waals surface area (Å²) in [7, 11) is 1.53. The van der Waals surface area contributed by atoms with Gasteiger partial charge in [-0.05, 0) is 25.1 Å². The lowest BCUT2D eigenvalue weighted by Crippen LogP contribution is -2.01. The van der Waals surface area contributed by atoms with Gasteiger partial charge in [-0.2, -0.15) is 0 Å². The molecule has 0 heterocycles. The predicted molar refractivity (Wildman–Crippen MR) is 79.9 cm³/mol. The highest BCUT2D eigenvalue weighted by Crippen LogP contribution is 2.39. The van der Waals surface area contributed by atoms with Gasteiger partial charge in [-0.3, -0.25) is 0 Å². The monoisotopic (exact) mass is 360 g/mol. The highest BCUT2D eigenvalue weighted by Gasteiger charge is 2.20. The first-order chi connectivity index (χ1) is 9.43. The molecule has 1 unspecified atom stereocenters. The molecule has 1 nitrogen and oxygen atoms in total. The van der Waals surface area contributed by atoms with Crippen LogP contribution in [0, 0.1) is 18.6 Å². The van der Waals surface area contributed by atoms with E-state index in [9.17, 15) is 8.78 Å². The molecule has 0 radical (unpaired) electrons. The Hall–Kier alpha value is -1.13. The second kappa shape index (κ2) is 6.10. The maximum absolute atomic E-state index is 14.0. The number of methoxy groups -OCH3 is 1. The number of hydrogen-bond acceptors (Lipinski definition) is 1. The zero-order chi connectivity index (χ0) is 14.9. The van der Waals surface area contributed by atoms with E-state index >= 15 is 0 Å². The predicted octanol–water partition coefficient (Wildman–Crippen LogP) is 5.42. The number of alkyl halides is 1. The van der Waals surface area contributed by atoms with Gasteiger partial charge in [-0.1, -0.05) is 45.2 Å². The van der Waals surface area contributed by atoms with E-state index in [-0.39, 0.29) is 10.6 Å². The van der Waals surface area contributed by atoms with Crippen LogP contribution >= 0.6 is 27.5 Å². The molecular weight excluding hydrogens is 350 g/mol. The van der Waals surface area contributed by atoms with Crippen LogP contribution in [0.5, 0.6) is 5.75 Å². The van der Waals surface area contributed by atoms with Crippen molar-refractivity contribution in [2.75, 3.05) is 7.11 Å². The first-order valence-electron chi connectivity index (χ1n) is 5.87. The average Bonchev–Trinajstić information content (AvgIpc) is 2.42. The molecular formula is C15H12BrClF2O. The van der Waals surface area contributed by atoms with Crippen molar-refractivity contribution in [2.24, 2.45) is 0 Å². The van der Waals surface area contributed by atoms with Gasteiger partial charge in [0.15, 0.2) is 0 Å². The Morgan fingerprint density at radius 1 is 1.10 bits per heavy atom. The molecule has 0 saturated carbocycles. The van der Waals surface area contributed by atoms with Crippen LogP contribution in [-0.4, -0.2) is 7.11 Å². The summed E-state index contributed by atoms with van der Waals surface area (Å²) in [5, 5.41) is -0.234. The lowest BCUT2D eigenvalue weighted by atomic mass is 10.0. The molecule has 0 aromatic heterocycles. The molecule has 0 spiro atoms. The van der Waals surface area contributed by atoms with E-state index in [2.05, 4.69) is 15.9 Å². The van der Waals surface area contributed by atoms with Crippen LogP contribution in [0.25, 0.3) is 0 Å². The highest BCUT2D eigenvalue weighted by atomic mass is 79.9. The fourth-order valence-corrected chi connectivity index (χ4v) is 2.81. The fourth-order valence-electron chi connectivity index (χ4n) is 1.95. The van der Waals surface area contributed by atoms with Crippen LogP contribution in [0.2, 0.25) is 5.02 Å². The van der Waals surface area contributed by atoms with Gasteiger partial charge in [0.1, 0.15) is 17.4 Å². The van der Waals surface area contributed by atoms with Gasteiger partial charge in [0.05, 0.1) is 17.0 Å². The summed E-state index contributed by atoms with van der Waals surface area (Å²) >= 11 is 8.97. The lowest BCUT2D eigenvalue weighted by Gasteiger charge is -2.16. The minimum Gasteiger partial charge on any atom is -0.496 e. The summed E-state index contributed by atoms with van der Waals surface area (Å²) < 4.78 is 32.8. The summed E-state index contributed by atoms with van der Waals surface area (Å²) in [6.45, 7) is 1.92. The van der Waals surface area contributed by atoms with E-state index in [0.29, 0.717) is 5.75 Å². The minimum absolute atomic E-state index is 0.177. The van der Waals surface area contributed by atoms with E-state index in [1.165, 1.54) is 7.11 Å². The van der Waals surface area contributed by atoms with Crippen molar-refractivity contribution in [1.82, 2.24) is 0 Å². The molecule has 20 heavy (non-hydrogen) atoms. The van der Waals surface area contributed by atoms with Crippen molar-refractivity contribution in [3.8, 4) is 5.75 Å². The molecule has 0 amide bonds. The Bertz CT molecular complexity index is 646. The number of hydrogen-bond donors (Lipinski definition) is 0. The zero-order valence-corrected chi connectivity index (χ0v) is 13.2. The molecule has 1 atom stereocenters. The first kappa shape index (κ1) is 15.3. The number of ether oxygens (including phenoxy) is 1. The first-order valence-corrected chi connectivity index (χ1v) is 7.16. The standard InChI is InChI=1S/C15H12BrClF2O/c1-8-3-4-14(20-2)10(5-8)15(16)9-6-13(19)11(17)7-12(9)18/h3-7,15H,1-2H3. The van der Waals surface area contributed by atoms with Crippen molar-refractivity contribution in [3.63, 3.8) is 0 Å². The van der Waals surface area contributed by atoms with Crippen molar-refractivity contribution in [2.45, 2.75) is 11.8 Å². The molecule has 0 bridgehead atoms. The van der Waals surface area contributed by atoms with Crippen LogP contribution in [-0.2, 0) is 0 Å². The summed E-state index contributed by atoms with van der Waals surface area (Å²) in [4.78, 5) is -0.524. The molecule has 0 saturated heterocycles. The third kappa shape index (κ3) is 2.96. The molecule has 2 aromatic carbocycles. The second-order valence-corrected chi connectivity index (χ2v) is 5.72. The molecule has 0 fully saturated rings. The van der Waals surface area contributed by atoms with E-state index in [1.54, 1.807) is 6.07 Å². The summed E-state index contributed by atoms with van der Waals surface area (Å²) in [5.41, 5.74) is 1.91. The molecule has 2 aromatic rings. The van der Waals surface area contributed by atoms with Gasteiger partial charge in [0.25, 0.3) is 0 Å². The molecule has 0 aliphatic heterocycles. The van der Waals surface area contributed by atoms with E-state index in [1.807, 2.05) is 19.1 Å². The molecule has 106 valence electrons. The Morgan fingerprint density at radius 2 is 1.80 bits per heavy atom. The number of halogens is 4. The van der Waals surface area contributed by atoms with Crippen LogP contribution in [0.4, 0.5) is 8.78 Å². The van der Waals surface area contributed by atoms with E-state index < -0.39 is 16.5 Å². The molecule has 0 aliphatic rings. The van der Waals surface area contributed by atoms with Gasteiger partial charge in [0.2, 0.25) is 0 Å². The van der Waals surface area contributed by atoms with Crippen molar-refractivity contribution in [3.05, 3.63) is 63.7 Å². The number of benzene rings is 2. The molecule has 2 rings (SSSR count). The Labute approximate surface area is 129 Å². The minimum atomic E-state index is -0.654. The topological polar surface area (TPSA) is 9.23 Å². The van der Waals surface area contributed by atoms with Gasteiger partial charge in [-0.15, -0.1) is 0 Å². The Kier molecular flexibility index (Phi) is 4.66. The number of rotatable bonds is 3. The number of aryl methyl sites for hydroxylation is 1. The Morgan fingerprint density at radius 3 is 2.45 bits per heavy atom. The third-order valence-corrected chi connectivity index (χ3v) is 4.25. The maximum atomic E-state index is 14.0. The summed E-state index contributed by atoms with van der Waals surface area (Å²) in [5.74, 6) is -0.617. The quantitative estimate of drug-likeness (QED) is 0.524. The van der Waals surface area contributed by atoms with Gasteiger partial charge < -0.3 is 4.74 Å². The van der Waals surface area contributed by atoms with Crippen LogP contribution in [0.1, 0.15) is 21.5 Å². The largest absolute Gasteiger partial charge is 0.496 e. The van der Waals surface area contributed by atoms with Gasteiger partial charge >= 0.3 is 0 Å². The lowest BCUT2D eigenvalue weighted by molar-refractivity contribution is 0.410. The maximum Gasteiger partial charge on any atom is 0.142 e. The van der Waals surface area contributed by atoms with Gasteiger partial charge in [0, 0.05) is 11.1 Å². The fraction of sp³-hybridized carbons (Fsp3) is 0.200. The second-order valence-electron chi connectivity index (χ2n) is 4.40. The van der Waals surface area contributed by atoms with Crippen LogP contribution in [0.3, 0.4) is 0 Å². The SMILES string of the molecule is COc1ccc(C)cc1C(Br)c1cc(F)c(Cl)cc1F. The average molecular weight is 362 g/mol. The molecule has 0 aliphatic carbocycles. The van der Waals surface area contributed by atoms with Crippen LogP contribution in [0.15, 0.2) is 30.3 Å². The van der Waals surface area contributed by atoms with E-state index in [4.69, 9.17) is 16.3 Å². The normalized spacial score (nSPS) is 12.3. The van der Waals surface area contributed by atoms with Gasteiger partial charge in [-0.25, -0.2) is 8.78 Å². The zero-order valence-electron chi connectivity index (χ0n) is 10.9. The highest BCUT2D eigenvalue weighted by molar-refractivity contribution is 9.09. The van der Waals surface area contributed by atoms with E-state index in [0.717, 1.165) is 23.3 Å². The van der Waals surface area contributed by atoms with Crippen molar-refractivity contribution < 1.29 is 13.5 Å². The van der Waals surface area contributed by atoms with Crippen molar-refractivity contribution >= 4 is 27.5 Å². The molecule has 5 heteroatoms. The van der Waals surface area contributed by atoms with Crippen molar-refractivity contribution in [1.29, 1.82) is 0 Å². The summed E-state index contributed by atoms with van der Waals surface area (Å²) in [6, 6.07) is 7.62. The summed E-state index contributed by atoms with van der Waals surface area (Å²) in [6.07, 6.45) is 0. The Balaban J connectivity index is 2.54.